The van der Waals surface area contributed by atoms with Crippen molar-refractivity contribution in [3.05, 3.63) is 77.6 Å². The van der Waals surface area contributed by atoms with E-state index in [9.17, 15) is 9.59 Å². The summed E-state index contributed by atoms with van der Waals surface area (Å²) in [6, 6.07) is 13.7. The van der Waals surface area contributed by atoms with Crippen LogP contribution in [0.1, 0.15) is 48.4 Å². The summed E-state index contributed by atoms with van der Waals surface area (Å²) in [4.78, 5) is 35.1. The lowest BCUT2D eigenvalue weighted by molar-refractivity contribution is -0.127. The Bertz CT molecular complexity index is 1550. The number of nitrogens with one attached hydrogen (secondary N) is 1. The Labute approximate surface area is 244 Å². The van der Waals surface area contributed by atoms with E-state index >= 15 is 0 Å². The molecule has 11 heteroatoms. The highest BCUT2D eigenvalue weighted by molar-refractivity contribution is 6.02. The molecule has 4 aromatic rings. The van der Waals surface area contributed by atoms with Crippen molar-refractivity contribution in [2.45, 2.75) is 58.2 Å². The first-order chi connectivity index (χ1) is 20.4. The largest absolute Gasteiger partial charge is 0.493 e. The first kappa shape index (κ1) is 28.7. The zero-order chi connectivity index (χ0) is 29.6. The molecule has 0 bridgehead atoms. The number of carbonyl (C=O) groups excluding carboxylic acids is 2. The van der Waals surface area contributed by atoms with Crippen LogP contribution in [-0.4, -0.2) is 57.3 Å². The van der Waals surface area contributed by atoms with Gasteiger partial charge in [0.25, 0.3) is 5.91 Å². The smallest absolute Gasteiger partial charge is 0.251 e. The van der Waals surface area contributed by atoms with Crippen LogP contribution in [0.4, 0.5) is 5.69 Å². The molecule has 1 aliphatic rings. The molecule has 5 rings (SSSR count). The van der Waals surface area contributed by atoms with Gasteiger partial charge >= 0.3 is 0 Å². The summed E-state index contributed by atoms with van der Waals surface area (Å²) in [6.07, 6.45) is 7.26. The molecule has 218 valence electrons. The molecule has 1 saturated carbocycles. The van der Waals surface area contributed by atoms with Gasteiger partial charge in [-0.15, -0.1) is 10.2 Å². The summed E-state index contributed by atoms with van der Waals surface area (Å²) in [5.74, 6) is 0.831. The number of aromatic nitrogens is 5. The molecule has 2 aromatic heterocycles. The minimum Gasteiger partial charge on any atom is -0.493 e. The molecular formula is C31H35N7O4. The third kappa shape index (κ3) is 6.09. The fourth-order valence-electron chi connectivity index (χ4n) is 5.33. The molecule has 0 aliphatic heterocycles. The number of amides is 2. The van der Waals surface area contributed by atoms with Gasteiger partial charge in [0.15, 0.2) is 11.5 Å². The molecule has 2 aromatic carbocycles. The summed E-state index contributed by atoms with van der Waals surface area (Å²) in [6.45, 7) is 3.70. The summed E-state index contributed by atoms with van der Waals surface area (Å²) < 4.78 is 10.7. The van der Waals surface area contributed by atoms with Crippen molar-refractivity contribution in [3.63, 3.8) is 0 Å². The van der Waals surface area contributed by atoms with Gasteiger partial charge in [-0.05, 0) is 85.0 Å². The van der Waals surface area contributed by atoms with Gasteiger partial charge in [0.2, 0.25) is 11.7 Å². The topological polar surface area (TPSA) is 124 Å². The summed E-state index contributed by atoms with van der Waals surface area (Å²) in [7, 11) is 3.11. The van der Waals surface area contributed by atoms with Gasteiger partial charge in [-0.1, -0.05) is 25.0 Å². The second-order valence-electron chi connectivity index (χ2n) is 10.4. The molecule has 0 spiro atoms. The Morgan fingerprint density at radius 2 is 1.76 bits per heavy atom. The van der Waals surface area contributed by atoms with Crippen LogP contribution in [0.3, 0.4) is 0 Å². The Hall–Kier alpha value is -4.80. The van der Waals surface area contributed by atoms with Crippen LogP contribution in [0.15, 0.2) is 60.9 Å². The number of hydrogen-bond acceptors (Lipinski definition) is 8. The Kier molecular flexibility index (Phi) is 8.75. The van der Waals surface area contributed by atoms with Gasteiger partial charge in [-0.3, -0.25) is 19.5 Å². The van der Waals surface area contributed by atoms with Crippen LogP contribution in [-0.2, 0) is 16.1 Å². The molecule has 2 heterocycles. The number of tetrazole rings is 1. The molecule has 1 fully saturated rings. The van der Waals surface area contributed by atoms with Gasteiger partial charge in [0.05, 0.1) is 14.2 Å². The second kappa shape index (κ2) is 12.8. The lowest BCUT2D eigenvalue weighted by Gasteiger charge is -2.33. The molecule has 1 N–H and O–H groups in total. The van der Waals surface area contributed by atoms with Crippen LogP contribution in [0.25, 0.3) is 11.4 Å². The molecule has 1 aliphatic carbocycles. The van der Waals surface area contributed by atoms with Gasteiger partial charge in [0.1, 0.15) is 12.6 Å². The van der Waals surface area contributed by atoms with Gasteiger partial charge in [-0.2, -0.15) is 4.80 Å². The number of benzene rings is 2. The quantitative estimate of drug-likeness (QED) is 0.301. The number of pyridine rings is 1. The van der Waals surface area contributed by atoms with E-state index < -0.39 is 6.04 Å². The van der Waals surface area contributed by atoms with E-state index in [-0.39, 0.29) is 24.4 Å². The van der Waals surface area contributed by atoms with Crippen molar-refractivity contribution in [1.82, 2.24) is 30.5 Å². The maximum Gasteiger partial charge on any atom is 0.251 e. The van der Waals surface area contributed by atoms with E-state index in [1.165, 1.54) is 4.80 Å². The second-order valence-corrected chi connectivity index (χ2v) is 10.4. The molecule has 0 saturated heterocycles. The van der Waals surface area contributed by atoms with Crippen molar-refractivity contribution in [2.24, 2.45) is 0 Å². The monoisotopic (exact) mass is 569 g/mol. The number of ether oxygens (including phenoxy) is 2. The van der Waals surface area contributed by atoms with Crippen molar-refractivity contribution in [2.75, 3.05) is 19.1 Å². The number of rotatable bonds is 10. The Balaban J connectivity index is 1.51. The van der Waals surface area contributed by atoms with Crippen molar-refractivity contribution in [3.8, 4) is 22.9 Å². The van der Waals surface area contributed by atoms with Crippen LogP contribution in [0.2, 0.25) is 0 Å². The highest BCUT2D eigenvalue weighted by atomic mass is 16.5. The SMILES string of the molecule is COc1ccc(-c2nnn(CC(=O)N(c3cccc(C)c3C)C(C(=O)NC3CCCC3)c3ccncc3)n2)cc1OC. The lowest BCUT2D eigenvalue weighted by atomic mass is 10.0. The summed E-state index contributed by atoms with van der Waals surface area (Å²) in [5.41, 5.74) is 3.86. The summed E-state index contributed by atoms with van der Waals surface area (Å²) >= 11 is 0. The minimum atomic E-state index is -0.921. The average Bonchev–Trinajstić information content (AvgIpc) is 3.70. The van der Waals surface area contributed by atoms with Crippen LogP contribution in [0.5, 0.6) is 11.5 Å². The fourth-order valence-corrected chi connectivity index (χ4v) is 5.33. The third-order valence-corrected chi connectivity index (χ3v) is 7.71. The molecule has 0 radical (unpaired) electrons. The standard InChI is InChI=1S/C31H35N7O4/c1-20-8-7-11-25(21(20)2)38(29(22-14-16-32-17-15-22)31(40)33-24-9-5-6-10-24)28(39)19-37-35-30(34-36-37)23-12-13-26(41-3)27(18-23)42-4/h7-8,11-18,24,29H,5-6,9-10,19H2,1-4H3,(H,33,40). The number of carbonyl (C=O) groups is 2. The van der Waals surface area contributed by atoms with E-state index in [2.05, 4.69) is 25.7 Å². The molecule has 1 unspecified atom stereocenters. The average molecular weight is 570 g/mol. The number of anilines is 1. The van der Waals surface area contributed by atoms with Gasteiger partial charge in [-0.25, -0.2) is 0 Å². The van der Waals surface area contributed by atoms with E-state index in [4.69, 9.17) is 9.47 Å². The van der Waals surface area contributed by atoms with E-state index in [0.29, 0.717) is 34.1 Å². The van der Waals surface area contributed by atoms with Crippen molar-refractivity contribution < 1.29 is 19.1 Å². The van der Waals surface area contributed by atoms with Gasteiger partial charge < -0.3 is 14.8 Å². The fraction of sp³-hybridized carbons (Fsp3) is 0.355. The summed E-state index contributed by atoms with van der Waals surface area (Å²) in [5, 5.41) is 16.0. The highest BCUT2D eigenvalue weighted by Gasteiger charge is 2.35. The maximum absolute atomic E-state index is 14.2. The molecule has 2 amide bonds. The number of nitrogens with zero attached hydrogens (tertiary/aromatic N) is 6. The van der Waals surface area contributed by atoms with Crippen molar-refractivity contribution >= 4 is 17.5 Å². The van der Waals surface area contributed by atoms with E-state index in [1.807, 2.05) is 32.0 Å². The minimum absolute atomic E-state index is 0.0819. The predicted molar refractivity (Wildman–Crippen MR) is 157 cm³/mol. The first-order valence-electron chi connectivity index (χ1n) is 14.0. The Morgan fingerprint density at radius 3 is 2.48 bits per heavy atom. The first-order valence-corrected chi connectivity index (χ1v) is 14.0. The highest BCUT2D eigenvalue weighted by Crippen LogP contribution is 2.33. The lowest BCUT2D eigenvalue weighted by Crippen LogP contribution is -2.47. The maximum atomic E-state index is 14.2. The number of aryl methyl sites for hydroxylation is 1. The van der Waals surface area contributed by atoms with Crippen molar-refractivity contribution in [1.29, 1.82) is 0 Å². The number of methoxy groups -OCH3 is 2. The zero-order valence-corrected chi connectivity index (χ0v) is 24.3. The van der Waals surface area contributed by atoms with Crippen LogP contribution in [0, 0.1) is 13.8 Å². The molecule has 42 heavy (non-hydrogen) atoms. The van der Waals surface area contributed by atoms with Crippen LogP contribution < -0.4 is 19.7 Å². The molecular weight excluding hydrogens is 534 g/mol. The molecule has 1 atom stereocenters. The van der Waals surface area contributed by atoms with Gasteiger partial charge in [0, 0.05) is 29.7 Å². The zero-order valence-electron chi connectivity index (χ0n) is 24.3. The van der Waals surface area contributed by atoms with E-state index in [1.54, 1.807) is 61.8 Å². The molecule has 11 nitrogen and oxygen atoms in total. The number of hydrogen-bond donors (Lipinski definition) is 1. The van der Waals surface area contributed by atoms with Crippen LogP contribution >= 0.6 is 0 Å². The third-order valence-electron chi connectivity index (χ3n) is 7.71. The normalized spacial score (nSPS) is 13.9. The van der Waals surface area contributed by atoms with E-state index in [0.717, 1.165) is 36.8 Å². The Morgan fingerprint density at radius 1 is 1.02 bits per heavy atom. The predicted octanol–water partition coefficient (Wildman–Crippen LogP) is 4.20.